The lowest BCUT2D eigenvalue weighted by atomic mass is 9.81. The second-order valence-corrected chi connectivity index (χ2v) is 6.92. The number of nitrogens with zero attached hydrogens (tertiary/aromatic N) is 2. The Morgan fingerprint density at radius 1 is 1.20 bits per heavy atom. The molecule has 25 heavy (non-hydrogen) atoms. The number of benzene rings is 1. The molecule has 1 saturated heterocycles. The van der Waals surface area contributed by atoms with Gasteiger partial charge in [-0.05, 0) is 37.4 Å². The van der Waals surface area contributed by atoms with Crippen LogP contribution in [0.2, 0.25) is 0 Å². The third kappa shape index (κ3) is 4.54. The maximum Gasteiger partial charge on any atom is 0.267 e. The van der Waals surface area contributed by atoms with Gasteiger partial charge in [0.15, 0.2) is 0 Å². The van der Waals surface area contributed by atoms with E-state index in [1.165, 1.54) is 10.7 Å². The van der Waals surface area contributed by atoms with E-state index in [2.05, 4.69) is 22.7 Å². The fourth-order valence-corrected chi connectivity index (χ4v) is 3.04. The van der Waals surface area contributed by atoms with Crippen molar-refractivity contribution in [2.75, 3.05) is 19.6 Å². The van der Waals surface area contributed by atoms with Crippen LogP contribution in [0.3, 0.4) is 0 Å². The van der Waals surface area contributed by atoms with E-state index in [4.69, 9.17) is 0 Å². The van der Waals surface area contributed by atoms with Gasteiger partial charge in [-0.1, -0.05) is 37.3 Å². The highest BCUT2D eigenvalue weighted by Gasteiger charge is 2.27. The summed E-state index contributed by atoms with van der Waals surface area (Å²) in [7, 11) is 0. The molecule has 0 atom stereocenters. The highest BCUT2D eigenvalue weighted by atomic mass is 16.2. The van der Waals surface area contributed by atoms with Gasteiger partial charge >= 0.3 is 0 Å². The molecule has 1 aromatic carbocycles. The van der Waals surface area contributed by atoms with Crippen molar-refractivity contribution >= 4 is 5.91 Å². The van der Waals surface area contributed by atoms with Crippen LogP contribution in [0.1, 0.15) is 19.8 Å². The molecule has 2 N–H and O–H groups in total. The number of rotatable bonds is 5. The average molecular weight is 340 g/mol. The van der Waals surface area contributed by atoms with Gasteiger partial charge in [0.2, 0.25) is 5.91 Å². The lowest BCUT2D eigenvalue weighted by Crippen LogP contribution is -2.44. The minimum atomic E-state index is -0.275. The van der Waals surface area contributed by atoms with Crippen LogP contribution >= 0.6 is 0 Å². The molecule has 0 saturated carbocycles. The summed E-state index contributed by atoms with van der Waals surface area (Å²) in [6.07, 6.45) is 2.07. The van der Waals surface area contributed by atoms with Crippen LogP contribution in [0.15, 0.2) is 47.3 Å². The van der Waals surface area contributed by atoms with Gasteiger partial charge in [-0.15, -0.1) is 0 Å². The first-order valence-corrected chi connectivity index (χ1v) is 8.67. The highest BCUT2D eigenvalue weighted by Crippen LogP contribution is 2.26. The molecule has 2 heterocycles. The van der Waals surface area contributed by atoms with Gasteiger partial charge < -0.3 is 10.6 Å². The van der Waals surface area contributed by atoms with Crippen molar-refractivity contribution in [3.05, 3.63) is 52.8 Å². The Morgan fingerprint density at radius 3 is 2.64 bits per heavy atom. The van der Waals surface area contributed by atoms with Gasteiger partial charge in [0.05, 0.1) is 5.69 Å². The molecular weight excluding hydrogens is 316 g/mol. The van der Waals surface area contributed by atoms with E-state index in [0.29, 0.717) is 12.2 Å². The second-order valence-electron chi connectivity index (χ2n) is 6.92. The van der Waals surface area contributed by atoms with E-state index in [0.717, 1.165) is 31.5 Å². The van der Waals surface area contributed by atoms with Crippen molar-refractivity contribution in [3.63, 3.8) is 0 Å². The van der Waals surface area contributed by atoms with Crippen molar-refractivity contribution in [3.8, 4) is 11.3 Å². The topological polar surface area (TPSA) is 76.0 Å². The predicted octanol–water partition coefficient (Wildman–Crippen LogP) is 1.42. The SMILES string of the molecule is CC1(CNC(=O)Cn2nc(-c3ccccc3)ccc2=O)CCNCC1. The third-order valence-electron chi connectivity index (χ3n) is 4.75. The zero-order valence-corrected chi connectivity index (χ0v) is 14.5. The van der Waals surface area contributed by atoms with Crippen molar-refractivity contribution < 1.29 is 4.79 Å². The average Bonchev–Trinajstić information content (AvgIpc) is 2.63. The molecule has 0 radical (unpaired) electrons. The van der Waals surface area contributed by atoms with Crippen LogP contribution in [-0.2, 0) is 11.3 Å². The summed E-state index contributed by atoms with van der Waals surface area (Å²) >= 11 is 0. The first kappa shape index (κ1) is 17.4. The van der Waals surface area contributed by atoms with Gasteiger partial charge in [-0.2, -0.15) is 5.10 Å². The van der Waals surface area contributed by atoms with Crippen LogP contribution in [-0.4, -0.2) is 35.3 Å². The molecule has 6 nitrogen and oxygen atoms in total. The van der Waals surface area contributed by atoms with Crippen LogP contribution in [0.5, 0.6) is 0 Å². The van der Waals surface area contributed by atoms with Gasteiger partial charge in [0, 0.05) is 18.2 Å². The van der Waals surface area contributed by atoms with E-state index in [1.54, 1.807) is 6.07 Å². The smallest absolute Gasteiger partial charge is 0.267 e. The Hall–Kier alpha value is -2.47. The Bertz CT molecular complexity index is 780. The molecule has 132 valence electrons. The van der Waals surface area contributed by atoms with E-state index >= 15 is 0 Å². The van der Waals surface area contributed by atoms with Crippen molar-refractivity contribution in [2.24, 2.45) is 5.41 Å². The number of amides is 1. The van der Waals surface area contributed by atoms with Crippen molar-refractivity contribution in [2.45, 2.75) is 26.3 Å². The lowest BCUT2D eigenvalue weighted by Gasteiger charge is -2.34. The minimum Gasteiger partial charge on any atom is -0.354 e. The number of carbonyl (C=O) groups is 1. The Labute approximate surface area is 147 Å². The first-order valence-electron chi connectivity index (χ1n) is 8.67. The third-order valence-corrected chi connectivity index (χ3v) is 4.75. The number of hydrogen-bond donors (Lipinski definition) is 2. The summed E-state index contributed by atoms with van der Waals surface area (Å²) < 4.78 is 1.22. The number of nitrogens with one attached hydrogen (secondary N) is 2. The lowest BCUT2D eigenvalue weighted by molar-refractivity contribution is -0.122. The summed E-state index contributed by atoms with van der Waals surface area (Å²) in [6, 6.07) is 12.7. The maximum atomic E-state index is 12.3. The van der Waals surface area contributed by atoms with Crippen LogP contribution < -0.4 is 16.2 Å². The summed E-state index contributed by atoms with van der Waals surface area (Å²) in [6.45, 7) is 4.71. The molecule has 1 aliphatic rings. The highest BCUT2D eigenvalue weighted by molar-refractivity contribution is 5.75. The predicted molar refractivity (Wildman–Crippen MR) is 97.2 cm³/mol. The standard InChI is InChI=1S/C19H24N4O2/c1-19(9-11-20-12-10-19)14-21-17(24)13-23-18(25)8-7-16(22-23)15-5-3-2-4-6-15/h2-8,20H,9-14H2,1H3,(H,21,24). The zero-order valence-electron chi connectivity index (χ0n) is 14.5. The van der Waals surface area contributed by atoms with Crippen molar-refractivity contribution in [1.82, 2.24) is 20.4 Å². The van der Waals surface area contributed by atoms with E-state index in [9.17, 15) is 9.59 Å². The van der Waals surface area contributed by atoms with Crippen LogP contribution in [0.25, 0.3) is 11.3 Å². The second kappa shape index (κ2) is 7.61. The monoisotopic (exact) mass is 340 g/mol. The Kier molecular flexibility index (Phi) is 5.28. The molecular formula is C19H24N4O2. The van der Waals surface area contributed by atoms with Crippen LogP contribution in [0, 0.1) is 5.41 Å². The van der Waals surface area contributed by atoms with Gasteiger partial charge in [0.25, 0.3) is 5.56 Å². The number of piperidine rings is 1. The summed E-state index contributed by atoms with van der Waals surface area (Å²) in [5, 5.41) is 10.6. The van der Waals surface area contributed by atoms with Gasteiger partial charge in [0.1, 0.15) is 6.54 Å². The zero-order chi connectivity index (χ0) is 17.7. The number of hydrogen-bond acceptors (Lipinski definition) is 4. The first-order chi connectivity index (χ1) is 12.1. The molecule has 1 aromatic heterocycles. The molecule has 1 amide bonds. The molecule has 6 heteroatoms. The molecule has 0 bridgehead atoms. The van der Waals surface area contributed by atoms with Gasteiger partial charge in [-0.3, -0.25) is 9.59 Å². The van der Waals surface area contributed by atoms with Crippen LogP contribution in [0.4, 0.5) is 0 Å². The largest absolute Gasteiger partial charge is 0.354 e. The molecule has 2 aromatic rings. The molecule has 0 spiro atoms. The molecule has 1 aliphatic heterocycles. The van der Waals surface area contributed by atoms with E-state index < -0.39 is 0 Å². The maximum absolute atomic E-state index is 12.3. The Morgan fingerprint density at radius 2 is 1.92 bits per heavy atom. The summed E-state index contributed by atoms with van der Waals surface area (Å²) in [5.74, 6) is -0.181. The number of aromatic nitrogens is 2. The fraction of sp³-hybridized carbons (Fsp3) is 0.421. The molecule has 1 fully saturated rings. The normalized spacial score (nSPS) is 16.4. The van der Waals surface area contributed by atoms with Crippen molar-refractivity contribution in [1.29, 1.82) is 0 Å². The quantitative estimate of drug-likeness (QED) is 0.863. The fourth-order valence-electron chi connectivity index (χ4n) is 3.04. The number of carbonyl (C=O) groups excluding carboxylic acids is 1. The Balaban J connectivity index is 1.65. The molecule has 3 rings (SSSR count). The molecule has 0 unspecified atom stereocenters. The minimum absolute atomic E-state index is 0.0617. The summed E-state index contributed by atoms with van der Waals surface area (Å²) in [5.41, 5.74) is 1.44. The van der Waals surface area contributed by atoms with Gasteiger partial charge in [-0.25, -0.2) is 4.68 Å². The van der Waals surface area contributed by atoms with E-state index in [1.807, 2.05) is 30.3 Å². The summed E-state index contributed by atoms with van der Waals surface area (Å²) in [4.78, 5) is 24.3. The molecule has 0 aliphatic carbocycles. The van der Waals surface area contributed by atoms with E-state index in [-0.39, 0.29) is 23.4 Å².